The van der Waals surface area contributed by atoms with Crippen LogP contribution in [0.3, 0.4) is 0 Å². The number of rotatable bonds is 5. The van der Waals surface area contributed by atoms with Gasteiger partial charge in [-0.05, 0) is 43.5 Å². The lowest BCUT2D eigenvalue weighted by Crippen LogP contribution is -2.38. The fraction of sp³-hybridized carbons (Fsp3) is 0.529. The summed E-state index contributed by atoms with van der Waals surface area (Å²) in [5, 5.41) is 2.88. The third-order valence-corrected chi connectivity index (χ3v) is 4.87. The molecule has 1 aromatic carbocycles. The summed E-state index contributed by atoms with van der Waals surface area (Å²) in [6.45, 7) is 4.85. The molecule has 0 aromatic heterocycles. The summed E-state index contributed by atoms with van der Waals surface area (Å²) in [6, 6.07) is 7.58. The summed E-state index contributed by atoms with van der Waals surface area (Å²) < 4.78 is 0.966. The molecule has 1 aromatic rings. The minimum absolute atomic E-state index is 0. The van der Waals surface area contributed by atoms with E-state index in [2.05, 4.69) is 28.2 Å². The first-order valence-corrected chi connectivity index (χ1v) is 8.72. The quantitative estimate of drug-likeness (QED) is 0.772. The molecule has 7 heteroatoms. The van der Waals surface area contributed by atoms with E-state index >= 15 is 0 Å². The van der Waals surface area contributed by atoms with Crippen molar-refractivity contribution in [3.05, 3.63) is 34.3 Å². The van der Waals surface area contributed by atoms with Gasteiger partial charge in [-0.25, -0.2) is 0 Å². The predicted octanol–water partition coefficient (Wildman–Crippen LogP) is 2.63. The number of halogens is 2. The van der Waals surface area contributed by atoms with Crippen LogP contribution in [0, 0.1) is 5.92 Å². The molecule has 0 bridgehead atoms. The minimum atomic E-state index is -0.308. The summed E-state index contributed by atoms with van der Waals surface area (Å²) in [7, 11) is 0. The van der Waals surface area contributed by atoms with Crippen LogP contribution in [0.4, 0.5) is 0 Å². The standard InChI is InChI=1S/C17H24BrN3O2.ClH/c1-11-7-13(9-19)10-21(11)17(23)8-16(20-12(2)22)14-3-5-15(18)6-4-14;/h3-6,11,13,16H,7-10,19H2,1-2H3,(H,20,22);1H. The molecule has 1 aliphatic heterocycles. The zero-order valence-corrected chi connectivity index (χ0v) is 16.4. The fourth-order valence-electron chi connectivity index (χ4n) is 3.15. The van der Waals surface area contributed by atoms with Crippen LogP contribution in [0.25, 0.3) is 0 Å². The Bertz CT molecular complexity index is 567. The van der Waals surface area contributed by atoms with Crippen molar-refractivity contribution in [2.24, 2.45) is 11.7 Å². The Kier molecular flexibility index (Phi) is 8.19. The molecule has 1 aliphatic rings. The lowest BCUT2D eigenvalue weighted by atomic mass is 10.0. The van der Waals surface area contributed by atoms with Crippen LogP contribution in [0.1, 0.15) is 38.3 Å². The molecule has 1 fully saturated rings. The number of nitrogens with one attached hydrogen (secondary N) is 1. The molecular weight excluding hydrogens is 394 g/mol. The first kappa shape index (κ1) is 20.9. The number of hydrogen-bond donors (Lipinski definition) is 2. The molecule has 0 saturated carbocycles. The van der Waals surface area contributed by atoms with Crippen LogP contribution in [-0.2, 0) is 9.59 Å². The normalized spacial score (nSPS) is 21.1. The number of nitrogens with two attached hydrogens (primary N) is 1. The van der Waals surface area contributed by atoms with Gasteiger partial charge in [0.1, 0.15) is 0 Å². The van der Waals surface area contributed by atoms with E-state index in [0.717, 1.165) is 16.5 Å². The van der Waals surface area contributed by atoms with E-state index in [9.17, 15) is 9.59 Å². The van der Waals surface area contributed by atoms with Crippen LogP contribution >= 0.6 is 28.3 Å². The Balaban J connectivity index is 0.00000288. The maximum atomic E-state index is 12.7. The summed E-state index contributed by atoms with van der Waals surface area (Å²) in [4.78, 5) is 26.1. The van der Waals surface area contributed by atoms with Crippen molar-refractivity contribution in [2.45, 2.75) is 38.8 Å². The van der Waals surface area contributed by atoms with Gasteiger partial charge in [0.2, 0.25) is 11.8 Å². The summed E-state index contributed by atoms with van der Waals surface area (Å²) in [5.41, 5.74) is 6.66. The van der Waals surface area contributed by atoms with Gasteiger partial charge in [-0.3, -0.25) is 9.59 Å². The van der Waals surface area contributed by atoms with E-state index in [-0.39, 0.29) is 42.7 Å². The highest BCUT2D eigenvalue weighted by Crippen LogP contribution is 2.26. The zero-order chi connectivity index (χ0) is 17.0. The van der Waals surface area contributed by atoms with E-state index in [1.54, 1.807) is 0 Å². The number of amides is 2. The van der Waals surface area contributed by atoms with Gasteiger partial charge in [0, 0.05) is 24.0 Å². The largest absolute Gasteiger partial charge is 0.349 e. The Hall–Kier alpha value is -1.11. The van der Waals surface area contributed by atoms with E-state index in [0.29, 0.717) is 19.0 Å². The summed E-state index contributed by atoms with van der Waals surface area (Å²) in [6.07, 6.45) is 1.22. The molecule has 2 amide bonds. The zero-order valence-electron chi connectivity index (χ0n) is 14.0. The van der Waals surface area contributed by atoms with Crippen molar-refractivity contribution in [1.29, 1.82) is 0 Å². The Morgan fingerprint density at radius 2 is 2.00 bits per heavy atom. The second kappa shape index (κ2) is 9.39. The lowest BCUT2D eigenvalue weighted by molar-refractivity contribution is -0.132. The van der Waals surface area contributed by atoms with Crippen LogP contribution in [0.2, 0.25) is 0 Å². The van der Waals surface area contributed by atoms with Gasteiger partial charge < -0.3 is 16.0 Å². The smallest absolute Gasteiger partial charge is 0.225 e. The van der Waals surface area contributed by atoms with Crippen molar-refractivity contribution in [1.82, 2.24) is 10.2 Å². The Labute approximate surface area is 157 Å². The average molecular weight is 419 g/mol. The predicted molar refractivity (Wildman–Crippen MR) is 101 cm³/mol. The van der Waals surface area contributed by atoms with Crippen molar-refractivity contribution in [3.8, 4) is 0 Å². The maximum Gasteiger partial charge on any atom is 0.225 e. The minimum Gasteiger partial charge on any atom is -0.349 e. The highest BCUT2D eigenvalue weighted by molar-refractivity contribution is 9.10. The lowest BCUT2D eigenvalue weighted by Gasteiger charge is -2.25. The Morgan fingerprint density at radius 3 is 2.50 bits per heavy atom. The summed E-state index contributed by atoms with van der Waals surface area (Å²) >= 11 is 3.40. The molecule has 134 valence electrons. The van der Waals surface area contributed by atoms with Crippen molar-refractivity contribution in [2.75, 3.05) is 13.1 Å². The highest BCUT2D eigenvalue weighted by Gasteiger charge is 2.32. The number of hydrogen-bond acceptors (Lipinski definition) is 3. The number of carbonyl (C=O) groups excluding carboxylic acids is 2. The number of likely N-dealkylation sites (tertiary alicyclic amines) is 1. The van der Waals surface area contributed by atoms with Gasteiger partial charge >= 0.3 is 0 Å². The topological polar surface area (TPSA) is 75.4 Å². The SMILES string of the molecule is CC(=O)NC(CC(=O)N1CC(CN)CC1C)c1ccc(Br)cc1.Cl. The van der Waals surface area contributed by atoms with Crippen LogP contribution < -0.4 is 11.1 Å². The molecule has 1 heterocycles. The maximum absolute atomic E-state index is 12.7. The second-order valence-electron chi connectivity index (χ2n) is 6.24. The molecule has 24 heavy (non-hydrogen) atoms. The number of carbonyl (C=O) groups is 2. The first-order valence-electron chi connectivity index (χ1n) is 7.92. The fourth-order valence-corrected chi connectivity index (χ4v) is 3.41. The molecular formula is C17H25BrClN3O2. The molecule has 0 radical (unpaired) electrons. The first-order chi connectivity index (χ1) is 10.9. The van der Waals surface area contributed by atoms with Crippen LogP contribution in [0.5, 0.6) is 0 Å². The van der Waals surface area contributed by atoms with E-state index in [4.69, 9.17) is 5.73 Å². The molecule has 2 rings (SSSR count). The molecule has 3 atom stereocenters. The number of nitrogens with zero attached hydrogens (tertiary/aromatic N) is 1. The molecule has 5 nitrogen and oxygen atoms in total. The van der Waals surface area contributed by atoms with Crippen LogP contribution in [-0.4, -0.2) is 35.8 Å². The van der Waals surface area contributed by atoms with Gasteiger partial charge in [0.05, 0.1) is 12.5 Å². The van der Waals surface area contributed by atoms with E-state index in [1.165, 1.54) is 6.92 Å². The van der Waals surface area contributed by atoms with E-state index in [1.807, 2.05) is 29.2 Å². The molecule has 0 spiro atoms. The highest BCUT2D eigenvalue weighted by atomic mass is 79.9. The van der Waals surface area contributed by atoms with Gasteiger partial charge in [-0.1, -0.05) is 28.1 Å². The van der Waals surface area contributed by atoms with Gasteiger partial charge in [-0.2, -0.15) is 0 Å². The van der Waals surface area contributed by atoms with Gasteiger partial charge in [-0.15, -0.1) is 12.4 Å². The van der Waals surface area contributed by atoms with Crippen molar-refractivity contribution >= 4 is 40.2 Å². The molecule has 0 aliphatic carbocycles. The summed E-state index contributed by atoms with van der Waals surface area (Å²) in [5.74, 6) is 0.302. The average Bonchev–Trinajstić information content (AvgIpc) is 2.88. The second-order valence-corrected chi connectivity index (χ2v) is 7.16. The van der Waals surface area contributed by atoms with Gasteiger partial charge in [0.25, 0.3) is 0 Å². The third kappa shape index (κ3) is 5.46. The molecule has 3 N–H and O–H groups in total. The van der Waals surface area contributed by atoms with E-state index < -0.39 is 0 Å². The van der Waals surface area contributed by atoms with Crippen LogP contribution in [0.15, 0.2) is 28.7 Å². The molecule has 3 unspecified atom stereocenters. The molecule has 1 saturated heterocycles. The van der Waals surface area contributed by atoms with Gasteiger partial charge in [0.15, 0.2) is 0 Å². The Morgan fingerprint density at radius 1 is 1.38 bits per heavy atom. The van der Waals surface area contributed by atoms with Crippen molar-refractivity contribution in [3.63, 3.8) is 0 Å². The van der Waals surface area contributed by atoms with Crippen molar-refractivity contribution < 1.29 is 9.59 Å². The monoisotopic (exact) mass is 417 g/mol. The third-order valence-electron chi connectivity index (χ3n) is 4.34. The number of benzene rings is 1.